The van der Waals surface area contributed by atoms with E-state index in [2.05, 4.69) is 32.2 Å². The van der Waals surface area contributed by atoms with Crippen LogP contribution in [-0.2, 0) is 0 Å². The van der Waals surface area contributed by atoms with Crippen molar-refractivity contribution in [3.05, 3.63) is 69.8 Å². The molecule has 2 aliphatic carbocycles. The number of fused-ring (bicyclic) bond motifs is 1. The molecule has 0 amide bonds. The summed E-state index contributed by atoms with van der Waals surface area (Å²) in [5.74, 6) is 0.789. The van der Waals surface area contributed by atoms with E-state index in [4.69, 9.17) is 44.1 Å². The van der Waals surface area contributed by atoms with E-state index in [1.807, 2.05) is 12.1 Å². The van der Waals surface area contributed by atoms with E-state index < -0.39 is 17.7 Å². The summed E-state index contributed by atoms with van der Waals surface area (Å²) in [6, 6.07) is 7.02. The van der Waals surface area contributed by atoms with Crippen molar-refractivity contribution in [2.24, 2.45) is 11.3 Å². The molecule has 1 N–H and O–H groups in total. The van der Waals surface area contributed by atoms with Gasteiger partial charge in [-0.25, -0.2) is 14.2 Å². The fraction of sp³-hybridized carbons (Fsp3) is 0.394. The minimum absolute atomic E-state index is 0.0245. The van der Waals surface area contributed by atoms with Crippen molar-refractivity contribution >= 4 is 63.4 Å². The second-order valence-electron chi connectivity index (χ2n) is 12.5. The maximum absolute atomic E-state index is 13.5. The number of ether oxygens (including phenoxy) is 1. The van der Waals surface area contributed by atoms with Gasteiger partial charge < -0.3 is 19.3 Å². The molecule has 12 heteroatoms. The Hall–Kier alpha value is -3.40. The van der Waals surface area contributed by atoms with Crippen LogP contribution >= 0.6 is 34.8 Å². The van der Waals surface area contributed by atoms with Gasteiger partial charge in [-0.3, -0.25) is 4.98 Å². The van der Waals surface area contributed by atoms with Crippen molar-refractivity contribution in [1.82, 2.24) is 15.1 Å². The third-order valence-electron chi connectivity index (χ3n) is 8.88. The van der Waals surface area contributed by atoms with Crippen molar-refractivity contribution in [2.75, 3.05) is 18.0 Å². The highest BCUT2D eigenvalue weighted by Gasteiger charge is 2.51. The summed E-state index contributed by atoms with van der Waals surface area (Å²) in [7, 11) is 0. The van der Waals surface area contributed by atoms with Crippen LogP contribution in [0.4, 0.5) is 10.1 Å². The van der Waals surface area contributed by atoms with Crippen LogP contribution in [0.3, 0.4) is 0 Å². The molecular formula is C33H30Cl3FN4O4. The predicted molar refractivity (Wildman–Crippen MR) is 172 cm³/mol. The molecule has 1 aromatic carbocycles. The number of carbonyl (C=O) groups is 1. The van der Waals surface area contributed by atoms with E-state index in [0.29, 0.717) is 44.0 Å². The molecule has 7 rings (SSSR count). The molecule has 8 nitrogen and oxygen atoms in total. The molecule has 3 aromatic heterocycles. The van der Waals surface area contributed by atoms with Crippen molar-refractivity contribution < 1.29 is 23.6 Å². The Morgan fingerprint density at radius 1 is 1.22 bits per heavy atom. The van der Waals surface area contributed by atoms with Crippen molar-refractivity contribution in [2.45, 2.75) is 56.7 Å². The summed E-state index contributed by atoms with van der Waals surface area (Å²) in [6.45, 7) is 3.22. The number of nitrogens with zero attached hydrogens (tertiary/aromatic N) is 4. The fourth-order valence-corrected chi connectivity index (χ4v) is 7.47. The maximum Gasteiger partial charge on any atom is 0.354 e. The average Bonchev–Trinajstić information content (AvgIpc) is 3.71. The number of rotatable bonds is 10. The van der Waals surface area contributed by atoms with Gasteiger partial charge in [0.2, 0.25) is 0 Å². The smallest absolute Gasteiger partial charge is 0.354 e. The van der Waals surface area contributed by atoms with E-state index in [0.717, 1.165) is 55.8 Å². The zero-order valence-electron chi connectivity index (χ0n) is 24.4. The van der Waals surface area contributed by atoms with Crippen LogP contribution in [-0.4, -0.2) is 51.0 Å². The first-order valence-electron chi connectivity index (χ1n) is 14.9. The third-order valence-corrected chi connectivity index (χ3v) is 9.72. The van der Waals surface area contributed by atoms with Gasteiger partial charge >= 0.3 is 5.97 Å². The second-order valence-corrected chi connectivity index (χ2v) is 13.8. The van der Waals surface area contributed by atoms with Crippen molar-refractivity contribution in [3.63, 3.8) is 0 Å². The van der Waals surface area contributed by atoms with E-state index >= 15 is 0 Å². The van der Waals surface area contributed by atoms with Crippen LogP contribution in [0.15, 0.2) is 47.3 Å². The fourth-order valence-electron chi connectivity index (χ4n) is 6.58. The van der Waals surface area contributed by atoms with Crippen LogP contribution in [0.25, 0.3) is 28.2 Å². The maximum atomic E-state index is 13.5. The highest BCUT2D eigenvalue weighted by atomic mass is 35.5. The summed E-state index contributed by atoms with van der Waals surface area (Å²) < 4.78 is 25.1. The largest absolute Gasteiger partial charge is 0.477 e. The molecule has 3 aliphatic rings. The van der Waals surface area contributed by atoms with Crippen molar-refractivity contribution in [1.29, 1.82) is 0 Å². The highest BCUT2D eigenvalue weighted by Crippen LogP contribution is 2.54. The number of allylic oxidation sites excluding steroid dienone is 1. The van der Waals surface area contributed by atoms with Gasteiger partial charge in [0.25, 0.3) is 0 Å². The van der Waals surface area contributed by atoms with Crippen LogP contribution in [0.1, 0.15) is 66.8 Å². The van der Waals surface area contributed by atoms with E-state index in [9.17, 15) is 14.3 Å². The molecule has 4 aromatic rings. The normalized spacial score (nSPS) is 19.1. The molecule has 45 heavy (non-hydrogen) atoms. The zero-order valence-corrected chi connectivity index (χ0v) is 26.6. The van der Waals surface area contributed by atoms with Crippen LogP contribution < -0.4 is 9.64 Å². The zero-order chi connectivity index (χ0) is 31.5. The quantitative estimate of drug-likeness (QED) is 0.167. The van der Waals surface area contributed by atoms with Crippen LogP contribution in [0, 0.1) is 11.3 Å². The first-order chi connectivity index (χ1) is 21.6. The van der Waals surface area contributed by atoms with Gasteiger partial charge in [0, 0.05) is 71.5 Å². The lowest BCUT2D eigenvalue weighted by Gasteiger charge is -2.59. The SMILES string of the molecule is C[C@@H](F)C[C@@H](Cl)Oc1cc(C(=O)O)nc2ccc(N3CC4(CC(/C=C/c5c(-c6c(Cl)cncc6Cl)noc5C5CC5)C4)C3)cc12. The van der Waals surface area contributed by atoms with Gasteiger partial charge in [0.05, 0.1) is 15.6 Å². The number of halogens is 4. The van der Waals surface area contributed by atoms with Crippen LogP contribution in [0.2, 0.25) is 10.0 Å². The Balaban J connectivity index is 1.05. The molecule has 1 aliphatic heterocycles. The van der Waals surface area contributed by atoms with Crippen molar-refractivity contribution in [3.8, 4) is 17.0 Å². The molecular weight excluding hydrogens is 642 g/mol. The first kappa shape index (κ1) is 30.3. The Morgan fingerprint density at radius 2 is 1.96 bits per heavy atom. The molecule has 3 fully saturated rings. The predicted octanol–water partition coefficient (Wildman–Crippen LogP) is 8.79. The molecule has 2 atom stereocenters. The summed E-state index contributed by atoms with van der Waals surface area (Å²) in [5, 5.41) is 15.4. The number of aromatic nitrogens is 3. The number of anilines is 1. The number of hydrogen-bond donors (Lipinski definition) is 1. The average molecular weight is 672 g/mol. The van der Waals surface area contributed by atoms with Gasteiger partial charge in [-0.1, -0.05) is 52.1 Å². The summed E-state index contributed by atoms with van der Waals surface area (Å²) >= 11 is 19.1. The van der Waals surface area contributed by atoms with Crippen LogP contribution in [0.5, 0.6) is 5.75 Å². The number of carboxylic acids is 1. The molecule has 1 spiro atoms. The lowest BCUT2D eigenvalue weighted by Crippen LogP contribution is -2.62. The molecule has 4 heterocycles. The molecule has 0 radical (unpaired) electrons. The number of pyridine rings is 2. The monoisotopic (exact) mass is 670 g/mol. The molecule has 2 saturated carbocycles. The van der Waals surface area contributed by atoms with Gasteiger partial charge in [0.15, 0.2) is 11.3 Å². The Kier molecular flexibility index (Phi) is 7.90. The molecule has 1 saturated heterocycles. The Morgan fingerprint density at radius 3 is 2.62 bits per heavy atom. The van der Waals surface area contributed by atoms with Gasteiger partial charge in [-0.15, -0.1) is 0 Å². The summed E-state index contributed by atoms with van der Waals surface area (Å²) in [5.41, 5.74) is 2.83. The topological polar surface area (TPSA) is 102 Å². The number of hydrogen-bond acceptors (Lipinski definition) is 7. The van der Waals surface area contributed by atoms with E-state index in [1.165, 1.54) is 13.0 Å². The minimum Gasteiger partial charge on any atom is -0.477 e. The summed E-state index contributed by atoms with van der Waals surface area (Å²) in [4.78, 5) is 22.3. The van der Waals surface area contributed by atoms with E-state index in [-0.39, 0.29) is 23.3 Å². The Labute approximate surface area is 274 Å². The third kappa shape index (κ3) is 5.98. The first-order valence-corrected chi connectivity index (χ1v) is 16.1. The lowest BCUT2D eigenvalue weighted by molar-refractivity contribution is 0.0486. The van der Waals surface area contributed by atoms with Gasteiger partial charge in [-0.2, -0.15) is 0 Å². The lowest BCUT2D eigenvalue weighted by atomic mass is 9.57. The number of carboxylic acid groups (broad SMARTS) is 1. The number of aromatic carboxylic acids is 1. The standard InChI is InChI=1S/C33H30Cl3FN4O4/c1-17(37)8-28(36)44-27-10-26(32(42)43)39-25-7-5-20(9-22(25)27)41-15-33(16-41)11-18(12-33)2-6-21-30(40-45-31(21)19-3-4-19)29-23(34)13-38-14-24(29)35/h2,5-7,9-10,13-14,17-19,28H,3-4,8,11-12,15-16H2,1H3,(H,42,43)/b6-2+/t17-,28+/m1/s1. The summed E-state index contributed by atoms with van der Waals surface area (Å²) in [6.07, 6.45) is 10.6. The van der Waals surface area contributed by atoms with Gasteiger partial charge in [-0.05, 0) is 56.7 Å². The second kappa shape index (κ2) is 11.8. The molecule has 0 unspecified atom stereocenters. The Bertz CT molecular complexity index is 1790. The molecule has 234 valence electrons. The highest BCUT2D eigenvalue weighted by molar-refractivity contribution is 6.39. The molecule has 0 bridgehead atoms. The van der Waals surface area contributed by atoms with E-state index in [1.54, 1.807) is 18.5 Å². The number of alkyl halides is 2. The number of benzene rings is 1. The van der Waals surface area contributed by atoms with Gasteiger partial charge in [0.1, 0.15) is 23.4 Å². The minimum atomic E-state index is -1.18.